The maximum atomic E-state index is 11.8. The molecule has 3 nitrogen and oxygen atoms in total. The van der Waals surface area contributed by atoms with Crippen molar-refractivity contribution in [3.05, 3.63) is 26.7 Å². The van der Waals surface area contributed by atoms with E-state index in [1.165, 1.54) is 0 Å². The van der Waals surface area contributed by atoms with Crippen LogP contribution >= 0.6 is 39.1 Å². The third-order valence-corrected chi connectivity index (χ3v) is 4.11. The number of hydrogen-bond acceptors (Lipinski definition) is 2. The number of carbonyl (C=O) groups is 1. The van der Waals surface area contributed by atoms with E-state index in [4.69, 9.17) is 28.9 Å². The van der Waals surface area contributed by atoms with E-state index in [9.17, 15) is 4.79 Å². The highest BCUT2D eigenvalue weighted by molar-refractivity contribution is 9.10. The molecule has 1 aromatic rings. The number of halogens is 3. The first-order chi connectivity index (χ1) is 7.97. The van der Waals surface area contributed by atoms with E-state index in [2.05, 4.69) is 21.2 Å². The summed E-state index contributed by atoms with van der Waals surface area (Å²) >= 11 is 15.2. The first-order valence-electron chi connectivity index (χ1n) is 5.11. The van der Waals surface area contributed by atoms with E-state index in [0.29, 0.717) is 33.2 Å². The van der Waals surface area contributed by atoms with Crippen molar-refractivity contribution < 1.29 is 4.79 Å². The molecule has 0 saturated carbocycles. The quantitative estimate of drug-likeness (QED) is 0.822. The van der Waals surface area contributed by atoms with Gasteiger partial charge in [-0.2, -0.15) is 0 Å². The van der Waals surface area contributed by atoms with Crippen LogP contribution in [0.3, 0.4) is 0 Å². The normalized spacial score (nSPS) is 12.3. The van der Waals surface area contributed by atoms with Crippen molar-refractivity contribution in [3.63, 3.8) is 0 Å². The first-order valence-corrected chi connectivity index (χ1v) is 6.66. The zero-order valence-electron chi connectivity index (χ0n) is 9.27. The van der Waals surface area contributed by atoms with Gasteiger partial charge in [0.1, 0.15) is 0 Å². The number of anilines is 1. The number of benzene rings is 1. The van der Waals surface area contributed by atoms with Crippen molar-refractivity contribution >= 4 is 50.7 Å². The van der Waals surface area contributed by atoms with Crippen LogP contribution in [0.4, 0.5) is 5.69 Å². The molecule has 0 saturated heterocycles. The van der Waals surface area contributed by atoms with Gasteiger partial charge in [-0.3, -0.25) is 4.79 Å². The summed E-state index contributed by atoms with van der Waals surface area (Å²) in [6.07, 6.45) is 0.633. The molecule has 1 amide bonds. The van der Waals surface area contributed by atoms with E-state index in [1.807, 2.05) is 6.92 Å². The SMILES string of the molecule is CC(CCN)C(=O)Nc1ccc(Br)c(Cl)c1Cl. The average Bonchev–Trinajstić information content (AvgIpc) is 2.30. The Balaban J connectivity index is 2.82. The van der Waals surface area contributed by atoms with Crippen LogP contribution in [0.25, 0.3) is 0 Å². The second kappa shape index (κ2) is 6.59. The molecule has 0 bridgehead atoms. The van der Waals surface area contributed by atoms with Crippen molar-refractivity contribution in [2.75, 3.05) is 11.9 Å². The Labute approximate surface area is 119 Å². The topological polar surface area (TPSA) is 55.1 Å². The van der Waals surface area contributed by atoms with Gasteiger partial charge in [-0.15, -0.1) is 0 Å². The monoisotopic (exact) mass is 338 g/mol. The Morgan fingerprint density at radius 2 is 2.12 bits per heavy atom. The lowest BCUT2D eigenvalue weighted by molar-refractivity contribution is -0.119. The number of carbonyl (C=O) groups excluding carboxylic acids is 1. The molecule has 17 heavy (non-hydrogen) atoms. The molecule has 0 heterocycles. The second-order valence-corrected chi connectivity index (χ2v) is 5.30. The summed E-state index contributed by atoms with van der Waals surface area (Å²) in [4.78, 5) is 11.8. The van der Waals surface area contributed by atoms with Gasteiger partial charge in [0.2, 0.25) is 5.91 Å². The molecule has 6 heteroatoms. The minimum Gasteiger partial charge on any atom is -0.330 e. The van der Waals surface area contributed by atoms with Crippen LogP contribution in [-0.4, -0.2) is 12.5 Å². The predicted molar refractivity (Wildman–Crippen MR) is 75.6 cm³/mol. The molecule has 0 fully saturated rings. The summed E-state index contributed by atoms with van der Waals surface area (Å²) in [5, 5.41) is 3.44. The van der Waals surface area contributed by atoms with Crippen LogP contribution < -0.4 is 11.1 Å². The lowest BCUT2D eigenvalue weighted by atomic mass is 10.1. The van der Waals surface area contributed by atoms with Crippen LogP contribution in [0.5, 0.6) is 0 Å². The second-order valence-electron chi connectivity index (χ2n) is 3.69. The lowest BCUT2D eigenvalue weighted by Gasteiger charge is -2.13. The molecule has 1 aromatic carbocycles. The highest BCUT2D eigenvalue weighted by Crippen LogP contribution is 2.35. The van der Waals surface area contributed by atoms with Crippen molar-refractivity contribution in [3.8, 4) is 0 Å². The molecule has 3 N–H and O–H groups in total. The minimum absolute atomic E-state index is 0.115. The van der Waals surface area contributed by atoms with Crippen LogP contribution in [0.2, 0.25) is 10.0 Å². The number of hydrogen-bond donors (Lipinski definition) is 2. The Kier molecular flexibility index (Phi) is 5.73. The van der Waals surface area contributed by atoms with Crippen molar-refractivity contribution in [1.82, 2.24) is 0 Å². The van der Waals surface area contributed by atoms with Gasteiger partial charge in [0.05, 0.1) is 15.7 Å². The van der Waals surface area contributed by atoms with Crippen LogP contribution in [0.15, 0.2) is 16.6 Å². The highest BCUT2D eigenvalue weighted by atomic mass is 79.9. The molecule has 0 radical (unpaired) electrons. The first kappa shape index (κ1) is 14.8. The highest BCUT2D eigenvalue weighted by Gasteiger charge is 2.15. The summed E-state index contributed by atoms with van der Waals surface area (Å²) in [6.45, 7) is 2.29. The van der Waals surface area contributed by atoms with Crippen LogP contribution in [0, 0.1) is 5.92 Å². The molecule has 0 aliphatic carbocycles. The fourth-order valence-corrected chi connectivity index (χ4v) is 2.08. The predicted octanol–water partition coefficient (Wildman–Crippen LogP) is 3.68. The van der Waals surface area contributed by atoms with Gasteiger partial charge in [0.25, 0.3) is 0 Å². The van der Waals surface area contributed by atoms with Gasteiger partial charge in [-0.25, -0.2) is 0 Å². The van der Waals surface area contributed by atoms with Gasteiger partial charge in [-0.1, -0.05) is 30.1 Å². The smallest absolute Gasteiger partial charge is 0.227 e. The minimum atomic E-state index is -0.154. The standard InChI is InChI=1S/C11H13BrCl2N2O/c1-6(4-5-15)11(17)16-8-3-2-7(12)9(13)10(8)14/h2-3,6H,4-5,15H2,1H3,(H,16,17). The summed E-state index contributed by atoms with van der Waals surface area (Å²) in [7, 11) is 0. The Morgan fingerprint density at radius 1 is 1.47 bits per heavy atom. The van der Waals surface area contributed by atoms with Gasteiger partial charge in [0.15, 0.2) is 0 Å². The van der Waals surface area contributed by atoms with E-state index >= 15 is 0 Å². The van der Waals surface area contributed by atoms with Crippen LogP contribution in [-0.2, 0) is 4.79 Å². The van der Waals surface area contributed by atoms with E-state index in [-0.39, 0.29) is 11.8 Å². The third kappa shape index (κ3) is 3.85. The molecular formula is C11H13BrCl2N2O. The number of nitrogens with two attached hydrogens (primary N) is 1. The zero-order chi connectivity index (χ0) is 13.0. The molecule has 0 spiro atoms. The summed E-state index contributed by atoms with van der Waals surface area (Å²) in [5.41, 5.74) is 5.91. The maximum Gasteiger partial charge on any atom is 0.227 e. The zero-order valence-corrected chi connectivity index (χ0v) is 12.4. The largest absolute Gasteiger partial charge is 0.330 e. The molecule has 1 atom stereocenters. The molecule has 0 aromatic heterocycles. The summed E-state index contributed by atoms with van der Waals surface area (Å²) in [5.74, 6) is -0.269. The molecule has 94 valence electrons. The van der Waals surface area contributed by atoms with Gasteiger partial charge in [-0.05, 0) is 41.0 Å². The fraction of sp³-hybridized carbons (Fsp3) is 0.364. The van der Waals surface area contributed by atoms with Crippen molar-refractivity contribution in [1.29, 1.82) is 0 Å². The van der Waals surface area contributed by atoms with Crippen molar-refractivity contribution in [2.24, 2.45) is 11.7 Å². The summed E-state index contributed by atoms with van der Waals surface area (Å²) < 4.78 is 0.692. The van der Waals surface area contributed by atoms with E-state index < -0.39 is 0 Å². The molecule has 1 unspecified atom stereocenters. The Hall–Kier alpha value is -0.290. The summed E-state index contributed by atoms with van der Waals surface area (Å²) in [6, 6.07) is 3.43. The number of rotatable bonds is 4. The molecular weight excluding hydrogens is 327 g/mol. The Morgan fingerprint density at radius 3 is 2.71 bits per heavy atom. The third-order valence-electron chi connectivity index (χ3n) is 2.34. The molecule has 1 rings (SSSR count). The lowest BCUT2D eigenvalue weighted by Crippen LogP contribution is -2.22. The van der Waals surface area contributed by atoms with E-state index in [0.717, 1.165) is 0 Å². The maximum absolute atomic E-state index is 11.8. The number of nitrogens with one attached hydrogen (secondary N) is 1. The van der Waals surface area contributed by atoms with Gasteiger partial charge < -0.3 is 11.1 Å². The van der Waals surface area contributed by atoms with Crippen LogP contribution in [0.1, 0.15) is 13.3 Å². The average molecular weight is 340 g/mol. The van der Waals surface area contributed by atoms with E-state index in [1.54, 1.807) is 12.1 Å². The fourth-order valence-electron chi connectivity index (χ4n) is 1.26. The van der Waals surface area contributed by atoms with Gasteiger partial charge >= 0.3 is 0 Å². The number of amides is 1. The Bertz CT molecular complexity index is 426. The molecule has 0 aliphatic heterocycles. The van der Waals surface area contributed by atoms with Gasteiger partial charge in [0, 0.05) is 10.4 Å². The van der Waals surface area contributed by atoms with Crippen molar-refractivity contribution in [2.45, 2.75) is 13.3 Å². The molecule has 0 aliphatic rings.